The number of methoxy groups -OCH3 is 1. The molecule has 0 saturated carbocycles. The van der Waals surface area contributed by atoms with Crippen molar-refractivity contribution in [3.63, 3.8) is 0 Å². The highest BCUT2D eigenvalue weighted by molar-refractivity contribution is 7.87. The number of ether oxygens (including phenoxy) is 1. The zero-order valence-corrected chi connectivity index (χ0v) is 27.2. The third kappa shape index (κ3) is 5.25. The highest BCUT2D eigenvalue weighted by Gasteiger charge is 2.43. The number of rotatable bonds is 8. The molecule has 1 N–H and O–H groups in total. The molecule has 0 aliphatic carbocycles. The summed E-state index contributed by atoms with van der Waals surface area (Å²) in [4.78, 5) is 41.1. The first-order chi connectivity index (χ1) is 23.9. The second-order valence-corrected chi connectivity index (χ2v) is 12.9. The summed E-state index contributed by atoms with van der Waals surface area (Å²) in [5, 5.41) is 30.2. The van der Waals surface area contributed by atoms with E-state index in [1.54, 1.807) is 36.1 Å². The Balaban J connectivity index is 1.37. The van der Waals surface area contributed by atoms with Gasteiger partial charge >= 0.3 is 10.1 Å². The number of fused-ring (bicyclic) bond motifs is 4. The summed E-state index contributed by atoms with van der Waals surface area (Å²) in [5.74, 6) is -0.284. The largest absolute Gasteiger partial charge is 0.493 e. The van der Waals surface area contributed by atoms with Gasteiger partial charge in [0.2, 0.25) is 5.84 Å². The Kier molecular flexibility index (Phi) is 7.55. The number of nitrogens with zero attached hydrogens (tertiary/aromatic N) is 6. The molecule has 0 saturated heterocycles. The molecule has 3 heterocycles. The van der Waals surface area contributed by atoms with Crippen LogP contribution in [0, 0.1) is 34.1 Å². The summed E-state index contributed by atoms with van der Waals surface area (Å²) in [6, 6.07) is 20.2. The Morgan fingerprint density at radius 1 is 0.880 bits per heavy atom. The maximum absolute atomic E-state index is 13.6. The molecule has 4 aromatic carbocycles. The van der Waals surface area contributed by atoms with Gasteiger partial charge in [0.1, 0.15) is 4.90 Å². The number of carbonyl (C=O) groups is 1. The molecule has 50 heavy (non-hydrogen) atoms. The van der Waals surface area contributed by atoms with Gasteiger partial charge in [0, 0.05) is 29.8 Å². The van der Waals surface area contributed by atoms with Gasteiger partial charge in [-0.1, -0.05) is 24.3 Å². The van der Waals surface area contributed by atoms with Crippen molar-refractivity contribution < 1.29 is 32.0 Å². The molecule has 0 bridgehead atoms. The standard InChI is InChI=1S/C33H25N7O9S/c1-18-8-10-23(40(44)45)17-28(18)50(46,47)49-26-15-9-20(16-27(26)48-3)30-29-19(2)36-38(21-11-13-22(14-12-21)39(42)43)31(29)35-32-33(41)34-24-6-4-5-7-25(24)37(30)32/h4-17,30H,1-3H3,(H,34,41)/t30-/m0/s1. The number of aryl methyl sites for hydroxylation is 2. The SMILES string of the molecule is COc1cc([C@H]2c3c(C)nn(-c4ccc([N+](=O)[O-])cc4)c3N=C3C(=O)Nc4ccccc4N32)ccc1OS(=O)(=O)c1cc([N+](=O)[O-])ccc1C. The predicted octanol–water partition coefficient (Wildman–Crippen LogP) is 5.67. The normalized spacial score (nSPS) is 14.9. The number of non-ortho nitro benzene ring substituents is 2. The van der Waals surface area contributed by atoms with E-state index < -0.39 is 37.6 Å². The zero-order valence-electron chi connectivity index (χ0n) is 26.4. The van der Waals surface area contributed by atoms with Crippen LogP contribution in [-0.2, 0) is 14.9 Å². The van der Waals surface area contributed by atoms with E-state index in [9.17, 15) is 33.4 Å². The van der Waals surface area contributed by atoms with E-state index in [0.29, 0.717) is 39.7 Å². The Hall–Kier alpha value is -6.62. The molecule has 1 aromatic heterocycles. The van der Waals surface area contributed by atoms with Crippen molar-refractivity contribution >= 4 is 50.4 Å². The number of hydrogen-bond donors (Lipinski definition) is 1. The number of para-hydroxylation sites is 2. The van der Waals surface area contributed by atoms with Crippen LogP contribution in [0.4, 0.5) is 28.6 Å². The smallest absolute Gasteiger partial charge is 0.339 e. The number of nitrogens with one attached hydrogen (secondary N) is 1. The van der Waals surface area contributed by atoms with Gasteiger partial charge in [-0.2, -0.15) is 13.5 Å². The molecule has 17 heteroatoms. The summed E-state index contributed by atoms with van der Waals surface area (Å²) >= 11 is 0. The summed E-state index contributed by atoms with van der Waals surface area (Å²) < 4.78 is 39.4. The molecule has 0 fully saturated rings. The van der Waals surface area contributed by atoms with Gasteiger partial charge < -0.3 is 19.1 Å². The van der Waals surface area contributed by atoms with Crippen molar-refractivity contribution in [2.45, 2.75) is 24.8 Å². The minimum atomic E-state index is -4.55. The van der Waals surface area contributed by atoms with E-state index in [-0.39, 0.29) is 33.5 Å². The first kappa shape index (κ1) is 32.0. The van der Waals surface area contributed by atoms with E-state index in [4.69, 9.17) is 19.0 Å². The van der Waals surface area contributed by atoms with Crippen LogP contribution in [0.1, 0.15) is 28.4 Å². The number of aromatic nitrogens is 2. The molecule has 2 aliphatic rings. The summed E-state index contributed by atoms with van der Waals surface area (Å²) in [7, 11) is -3.22. The molecular weight excluding hydrogens is 670 g/mol. The Morgan fingerprint density at radius 3 is 2.28 bits per heavy atom. The van der Waals surface area contributed by atoms with Crippen LogP contribution < -0.4 is 19.1 Å². The lowest BCUT2D eigenvalue weighted by Gasteiger charge is -2.40. The Bertz CT molecular complexity index is 2410. The van der Waals surface area contributed by atoms with Crippen LogP contribution in [0.5, 0.6) is 11.5 Å². The van der Waals surface area contributed by atoms with E-state index in [0.717, 1.165) is 6.07 Å². The lowest BCUT2D eigenvalue weighted by Crippen LogP contribution is -2.48. The fraction of sp³-hybridized carbons (Fsp3) is 0.121. The Labute approximate surface area is 283 Å². The number of amides is 1. The van der Waals surface area contributed by atoms with Gasteiger partial charge in [-0.25, -0.2) is 9.67 Å². The van der Waals surface area contributed by atoms with Gasteiger partial charge in [-0.3, -0.25) is 25.0 Å². The monoisotopic (exact) mass is 695 g/mol. The summed E-state index contributed by atoms with van der Waals surface area (Å²) in [6.07, 6.45) is 0. The van der Waals surface area contributed by atoms with Crippen molar-refractivity contribution in [2.75, 3.05) is 17.3 Å². The number of aliphatic imine (C=N–C) groups is 1. The summed E-state index contributed by atoms with van der Waals surface area (Å²) in [6.45, 7) is 3.26. The minimum Gasteiger partial charge on any atom is -0.493 e. The predicted molar refractivity (Wildman–Crippen MR) is 180 cm³/mol. The van der Waals surface area contributed by atoms with E-state index >= 15 is 0 Å². The summed E-state index contributed by atoms with van der Waals surface area (Å²) in [5.41, 5.74) is 3.05. The lowest BCUT2D eigenvalue weighted by molar-refractivity contribution is -0.385. The first-order valence-corrected chi connectivity index (χ1v) is 16.3. The van der Waals surface area contributed by atoms with Gasteiger partial charge in [0.05, 0.1) is 45.8 Å². The number of nitro benzene ring substituents is 2. The van der Waals surface area contributed by atoms with Crippen LogP contribution >= 0.6 is 0 Å². The molecule has 16 nitrogen and oxygen atoms in total. The highest BCUT2D eigenvalue weighted by Crippen LogP contribution is 2.48. The topological polar surface area (TPSA) is 201 Å². The molecule has 252 valence electrons. The van der Waals surface area contributed by atoms with Gasteiger partial charge in [-0.05, 0) is 61.4 Å². The fourth-order valence-electron chi connectivity index (χ4n) is 6.01. The average molecular weight is 696 g/mol. The van der Waals surface area contributed by atoms with Crippen LogP contribution in [0.15, 0.2) is 94.8 Å². The van der Waals surface area contributed by atoms with Gasteiger partial charge in [0.15, 0.2) is 17.3 Å². The minimum absolute atomic E-state index is 0.0231. The fourth-order valence-corrected chi connectivity index (χ4v) is 7.20. The van der Waals surface area contributed by atoms with E-state index in [1.165, 1.54) is 61.2 Å². The molecule has 1 amide bonds. The molecular formula is C33H25N7O9S. The molecule has 0 radical (unpaired) electrons. The van der Waals surface area contributed by atoms with Crippen molar-refractivity contribution in [3.05, 3.63) is 128 Å². The van der Waals surface area contributed by atoms with Crippen LogP contribution in [0.3, 0.4) is 0 Å². The number of benzene rings is 4. The van der Waals surface area contributed by atoms with Gasteiger partial charge in [-0.15, -0.1) is 0 Å². The molecule has 5 aromatic rings. The van der Waals surface area contributed by atoms with Crippen molar-refractivity contribution in [1.29, 1.82) is 0 Å². The van der Waals surface area contributed by atoms with Crippen LogP contribution in [-0.4, -0.2) is 46.9 Å². The van der Waals surface area contributed by atoms with Crippen LogP contribution in [0.25, 0.3) is 5.69 Å². The third-order valence-electron chi connectivity index (χ3n) is 8.33. The van der Waals surface area contributed by atoms with Crippen molar-refractivity contribution in [3.8, 4) is 17.2 Å². The lowest BCUT2D eigenvalue weighted by atomic mass is 9.93. The maximum Gasteiger partial charge on any atom is 0.339 e. The third-order valence-corrected chi connectivity index (χ3v) is 9.71. The van der Waals surface area contributed by atoms with E-state index in [2.05, 4.69) is 5.32 Å². The second kappa shape index (κ2) is 11.8. The maximum atomic E-state index is 13.6. The molecule has 2 aliphatic heterocycles. The first-order valence-electron chi connectivity index (χ1n) is 14.9. The number of anilines is 2. The van der Waals surface area contributed by atoms with Gasteiger partial charge in [0.25, 0.3) is 17.3 Å². The average Bonchev–Trinajstić information content (AvgIpc) is 3.43. The quantitative estimate of drug-likeness (QED) is 0.119. The number of carbonyl (C=O) groups excluding carboxylic acids is 1. The highest BCUT2D eigenvalue weighted by atomic mass is 32.2. The number of hydrogen-bond acceptors (Lipinski definition) is 12. The van der Waals surface area contributed by atoms with E-state index in [1.807, 2.05) is 12.1 Å². The van der Waals surface area contributed by atoms with Crippen LogP contribution in [0.2, 0.25) is 0 Å². The van der Waals surface area contributed by atoms with Crippen molar-refractivity contribution in [1.82, 2.24) is 9.78 Å². The zero-order chi connectivity index (χ0) is 35.5. The molecule has 7 rings (SSSR count). The Morgan fingerprint density at radius 2 is 1.58 bits per heavy atom. The van der Waals surface area contributed by atoms with Crippen molar-refractivity contribution in [2.24, 2.45) is 4.99 Å². The second-order valence-electron chi connectivity index (χ2n) is 11.3. The number of nitro groups is 2. The molecule has 1 atom stereocenters. The number of amidine groups is 1. The molecule has 0 unspecified atom stereocenters. The molecule has 0 spiro atoms.